The third kappa shape index (κ3) is 4.80. The normalized spacial score (nSPS) is 13.3. The number of quaternary nitrogens is 1. The molecule has 2 heterocycles. The van der Waals surface area contributed by atoms with Gasteiger partial charge in [-0.1, -0.05) is 18.2 Å². The summed E-state index contributed by atoms with van der Waals surface area (Å²) in [4.78, 5) is 14.6. The summed E-state index contributed by atoms with van der Waals surface area (Å²) in [5.41, 5.74) is 0.863. The molecule has 0 aliphatic carbocycles. The maximum atomic E-state index is 13.2. The highest BCUT2D eigenvalue weighted by Crippen LogP contribution is 2.26. The number of hydrogen-bond acceptors (Lipinski definition) is 3. The van der Waals surface area contributed by atoms with Gasteiger partial charge in [0.15, 0.2) is 12.3 Å². The number of rotatable bonds is 7. The monoisotopic (exact) mass is 373 g/mol. The second kappa shape index (κ2) is 8.29. The molecule has 0 radical (unpaired) electrons. The maximum Gasteiger partial charge on any atom is 0.275 e. The van der Waals surface area contributed by atoms with E-state index in [4.69, 9.17) is 4.42 Å². The number of aryl methyl sites for hydroxylation is 1. The molecule has 0 saturated carbocycles. The Morgan fingerprint density at radius 3 is 2.62 bits per heavy atom. The summed E-state index contributed by atoms with van der Waals surface area (Å²) in [6.07, 6.45) is 0. The van der Waals surface area contributed by atoms with Gasteiger partial charge >= 0.3 is 0 Å². The Kier molecular flexibility index (Phi) is 5.85. The van der Waals surface area contributed by atoms with Crippen LogP contribution in [-0.4, -0.2) is 19.5 Å². The third-order valence-electron chi connectivity index (χ3n) is 4.07. The van der Waals surface area contributed by atoms with E-state index in [0.29, 0.717) is 13.1 Å². The summed E-state index contributed by atoms with van der Waals surface area (Å²) in [6, 6.07) is 13.7. The fourth-order valence-corrected chi connectivity index (χ4v) is 3.66. The first-order valence-electron chi connectivity index (χ1n) is 8.46. The Bertz CT molecular complexity index is 843. The average Bonchev–Trinajstić information content (AvgIpc) is 3.25. The van der Waals surface area contributed by atoms with Crippen molar-refractivity contribution in [3.8, 4) is 0 Å². The largest absolute Gasteiger partial charge is 0.460 e. The van der Waals surface area contributed by atoms with Gasteiger partial charge in [0.2, 0.25) is 0 Å². The topological polar surface area (TPSA) is 46.7 Å². The molecule has 0 spiro atoms. The highest BCUT2D eigenvalue weighted by Gasteiger charge is 2.20. The van der Waals surface area contributed by atoms with Gasteiger partial charge in [0.05, 0.1) is 13.1 Å². The summed E-state index contributed by atoms with van der Waals surface area (Å²) < 4.78 is 18.8. The van der Waals surface area contributed by atoms with E-state index in [1.165, 1.54) is 12.1 Å². The van der Waals surface area contributed by atoms with Gasteiger partial charge in [-0.25, -0.2) is 4.39 Å². The van der Waals surface area contributed by atoms with Gasteiger partial charge in [-0.05, 0) is 48.2 Å². The SMILES string of the molecule is Cc1ccc(C[NH+](C)CC(=O)N[C@@H](c2ccc(F)cc2)c2cccs2)o1. The lowest BCUT2D eigenvalue weighted by Gasteiger charge is -2.19. The summed E-state index contributed by atoms with van der Waals surface area (Å²) >= 11 is 1.57. The van der Waals surface area contributed by atoms with E-state index in [1.54, 1.807) is 23.5 Å². The molecule has 1 amide bonds. The lowest BCUT2D eigenvalue weighted by molar-refractivity contribution is -0.886. The lowest BCUT2D eigenvalue weighted by atomic mass is 10.1. The van der Waals surface area contributed by atoms with Gasteiger partial charge in [-0.15, -0.1) is 11.3 Å². The first-order valence-corrected chi connectivity index (χ1v) is 9.34. The smallest absolute Gasteiger partial charge is 0.275 e. The van der Waals surface area contributed by atoms with Crippen LogP contribution >= 0.6 is 11.3 Å². The van der Waals surface area contributed by atoms with E-state index in [2.05, 4.69) is 5.32 Å². The van der Waals surface area contributed by atoms with Gasteiger partial charge in [-0.2, -0.15) is 0 Å². The highest BCUT2D eigenvalue weighted by molar-refractivity contribution is 7.10. The van der Waals surface area contributed by atoms with Gasteiger partial charge in [0.25, 0.3) is 5.91 Å². The zero-order valence-electron chi connectivity index (χ0n) is 14.8. The molecule has 2 atom stereocenters. The molecular formula is C20H22FN2O2S+. The van der Waals surface area contributed by atoms with Crippen molar-refractivity contribution >= 4 is 17.2 Å². The second-order valence-electron chi connectivity index (χ2n) is 6.39. The fraction of sp³-hybridized carbons (Fsp3) is 0.250. The first kappa shape index (κ1) is 18.4. The van der Waals surface area contributed by atoms with Crippen molar-refractivity contribution in [2.75, 3.05) is 13.6 Å². The minimum absolute atomic E-state index is 0.0616. The van der Waals surface area contributed by atoms with Crippen LogP contribution in [0.4, 0.5) is 4.39 Å². The van der Waals surface area contributed by atoms with Crippen LogP contribution in [0.1, 0.15) is 28.0 Å². The van der Waals surface area contributed by atoms with Crippen LogP contribution in [0.15, 0.2) is 58.3 Å². The number of carbonyl (C=O) groups is 1. The predicted molar refractivity (Wildman–Crippen MR) is 99.6 cm³/mol. The molecule has 3 aromatic rings. The minimum Gasteiger partial charge on any atom is -0.460 e. The Balaban J connectivity index is 1.66. The number of halogens is 1. The molecular weight excluding hydrogens is 351 g/mol. The summed E-state index contributed by atoms with van der Waals surface area (Å²) in [5, 5.41) is 5.04. The van der Waals surface area contributed by atoms with Gasteiger partial charge < -0.3 is 14.6 Å². The Morgan fingerprint density at radius 2 is 2.00 bits per heavy atom. The van der Waals surface area contributed by atoms with Crippen molar-refractivity contribution < 1.29 is 18.5 Å². The van der Waals surface area contributed by atoms with E-state index in [1.807, 2.05) is 43.6 Å². The summed E-state index contributed by atoms with van der Waals surface area (Å²) in [5.74, 6) is 1.38. The lowest BCUT2D eigenvalue weighted by Crippen LogP contribution is -3.08. The number of benzene rings is 1. The molecule has 1 aromatic carbocycles. The molecule has 0 saturated heterocycles. The number of nitrogens with one attached hydrogen (secondary N) is 2. The molecule has 1 unspecified atom stereocenters. The van der Waals surface area contributed by atoms with Crippen LogP contribution in [0, 0.1) is 12.7 Å². The molecule has 2 aromatic heterocycles. The number of carbonyl (C=O) groups excluding carboxylic acids is 1. The number of hydrogen-bond donors (Lipinski definition) is 2. The Hall–Kier alpha value is -2.44. The van der Waals surface area contributed by atoms with Crippen LogP contribution in [0.2, 0.25) is 0 Å². The number of thiophene rings is 1. The first-order chi connectivity index (χ1) is 12.5. The molecule has 0 fully saturated rings. The van der Waals surface area contributed by atoms with Crippen molar-refractivity contribution in [1.29, 1.82) is 0 Å². The standard InChI is InChI=1S/C20H21FN2O2S/c1-14-5-10-17(25-14)12-23(2)13-19(24)22-20(18-4-3-11-26-18)15-6-8-16(21)9-7-15/h3-11,20H,12-13H2,1-2H3,(H,22,24)/p+1/t20-/m0/s1. The molecule has 6 heteroatoms. The number of amides is 1. The van der Waals surface area contributed by atoms with Crippen LogP contribution in [-0.2, 0) is 11.3 Å². The highest BCUT2D eigenvalue weighted by atomic mass is 32.1. The van der Waals surface area contributed by atoms with Crippen molar-refractivity contribution in [3.63, 3.8) is 0 Å². The summed E-state index contributed by atoms with van der Waals surface area (Å²) in [6.45, 7) is 2.87. The molecule has 136 valence electrons. The molecule has 3 rings (SSSR count). The predicted octanol–water partition coefficient (Wildman–Crippen LogP) is 2.71. The van der Waals surface area contributed by atoms with E-state index in [-0.39, 0.29) is 17.8 Å². The maximum absolute atomic E-state index is 13.2. The van der Waals surface area contributed by atoms with Crippen molar-refractivity contribution in [2.24, 2.45) is 0 Å². The van der Waals surface area contributed by atoms with Crippen LogP contribution in [0.5, 0.6) is 0 Å². The minimum atomic E-state index is -0.289. The summed E-state index contributed by atoms with van der Waals surface area (Å²) in [7, 11) is 1.95. The van der Waals surface area contributed by atoms with Gasteiger partial charge in [0.1, 0.15) is 18.1 Å². The molecule has 0 aliphatic heterocycles. The Morgan fingerprint density at radius 1 is 1.23 bits per heavy atom. The Labute approximate surface area is 156 Å². The van der Waals surface area contributed by atoms with Crippen LogP contribution in [0.25, 0.3) is 0 Å². The van der Waals surface area contributed by atoms with Crippen LogP contribution in [0.3, 0.4) is 0 Å². The van der Waals surface area contributed by atoms with E-state index >= 15 is 0 Å². The molecule has 26 heavy (non-hydrogen) atoms. The number of furan rings is 1. The van der Waals surface area contributed by atoms with E-state index in [0.717, 1.165) is 26.9 Å². The number of likely N-dealkylation sites (N-methyl/N-ethyl adjacent to an activating group) is 1. The molecule has 0 aliphatic rings. The van der Waals surface area contributed by atoms with E-state index < -0.39 is 0 Å². The van der Waals surface area contributed by atoms with E-state index in [9.17, 15) is 9.18 Å². The fourth-order valence-electron chi connectivity index (χ4n) is 2.86. The third-order valence-corrected chi connectivity index (χ3v) is 5.01. The quantitative estimate of drug-likeness (QED) is 0.669. The zero-order chi connectivity index (χ0) is 18.5. The van der Waals surface area contributed by atoms with Crippen molar-refractivity contribution in [2.45, 2.75) is 19.5 Å². The molecule has 4 nitrogen and oxygen atoms in total. The van der Waals surface area contributed by atoms with Gasteiger partial charge in [0, 0.05) is 4.88 Å². The molecule has 2 N–H and O–H groups in total. The van der Waals surface area contributed by atoms with Crippen molar-refractivity contribution in [1.82, 2.24) is 5.32 Å². The van der Waals surface area contributed by atoms with Crippen LogP contribution < -0.4 is 10.2 Å². The molecule has 0 bridgehead atoms. The zero-order valence-corrected chi connectivity index (χ0v) is 15.6. The average molecular weight is 373 g/mol. The second-order valence-corrected chi connectivity index (χ2v) is 7.37. The van der Waals surface area contributed by atoms with Gasteiger partial charge in [-0.3, -0.25) is 4.79 Å². The van der Waals surface area contributed by atoms with Crippen molar-refractivity contribution in [3.05, 3.63) is 81.7 Å².